The molecule has 1 nitrogen and oxygen atoms in total. The van der Waals surface area contributed by atoms with E-state index in [0.717, 1.165) is 29.8 Å². The molecule has 3 aliphatic carbocycles. The molecule has 3 saturated carbocycles. The molecular formula is C17H31N. The number of rotatable bonds is 3. The highest BCUT2D eigenvalue weighted by molar-refractivity contribution is 4.94. The fourth-order valence-electron chi connectivity index (χ4n) is 5.02. The summed E-state index contributed by atoms with van der Waals surface area (Å²) >= 11 is 0. The zero-order chi connectivity index (χ0) is 12.4. The maximum Gasteiger partial charge on any atom is 0.00723 e. The smallest absolute Gasteiger partial charge is 0.00723 e. The highest BCUT2D eigenvalue weighted by Crippen LogP contribution is 2.49. The average molecular weight is 249 g/mol. The van der Waals surface area contributed by atoms with Crippen LogP contribution < -0.4 is 5.32 Å². The van der Waals surface area contributed by atoms with Gasteiger partial charge in [-0.05, 0) is 56.8 Å². The SMILES string of the molecule is CC(NC1CCCCCCC1)C1CC2CCC1C2. The first-order valence-electron chi connectivity index (χ1n) is 8.59. The van der Waals surface area contributed by atoms with Crippen molar-refractivity contribution in [1.29, 1.82) is 0 Å². The minimum atomic E-state index is 0.782. The third kappa shape index (κ3) is 2.92. The Hall–Kier alpha value is -0.0400. The third-order valence-electron chi connectivity index (χ3n) is 6.04. The summed E-state index contributed by atoms with van der Waals surface area (Å²) in [5.74, 6) is 3.18. The van der Waals surface area contributed by atoms with Gasteiger partial charge in [-0.3, -0.25) is 0 Å². The molecule has 3 rings (SSSR count). The molecule has 0 aromatic carbocycles. The molecule has 0 aromatic heterocycles. The predicted octanol–water partition coefficient (Wildman–Crippen LogP) is 4.51. The van der Waals surface area contributed by atoms with Gasteiger partial charge in [-0.25, -0.2) is 0 Å². The lowest BCUT2D eigenvalue weighted by molar-refractivity contribution is 0.232. The van der Waals surface area contributed by atoms with Crippen LogP contribution in [0.4, 0.5) is 0 Å². The Balaban J connectivity index is 1.48. The third-order valence-corrected chi connectivity index (χ3v) is 6.04. The van der Waals surface area contributed by atoms with E-state index in [2.05, 4.69) is 12.2 Å². The van der Waals surface area contributed by atoms with Crippen molar-refractivity contribution in [1.82, 2.24) is 5.32 Å². The summed E-state index contributed by atoms with van der Waals surface area (Å²) in [4.78, 5) is 0. The summed E-state index contributed by atoms with van der Waals surface area (Å²) < 4.78 is 0. The zero-order valence-corrected chi connectivity index (χ0v) is 12.2. The fourth-order valence-corrected chi connectivity index (χ4v) is 5.02. The first kappa shape index (κ1) is 13.0. The number of hydrogen-bond acceptors (Lipinski definition) is 1. The number of nitrogens with one attached hydrogen (secondary N) is 1. The molecule has 4 unspecified atom stereocenters. The van der Waals surface area contributed by atoms with Gasteiger partial charge in [-0.1, -0.05) is 38.5 Å². The Morgan fingerprint density at radius 1 is 0.833 bits per heavy atom. The molecule has 0 amide bonds. The van der Waals surface area contributed by atoms with E-state index >= 15 is 0 Å². The average Bonchev–Trinajstić information content (AvgIpc) is 2.94. The lowest BCUT2D eigenvalue weighted by Gasteiger charge is -2.32. The maximum atomic E-state index is 4.01. The van der Waals surface area contributed by atoms with Crippen LogP contribution in [0.25, 0.3) is 0 Å². The molecule has 18 heavy (non-hydrogen) atoms. The Morgan fingerprint density at radius 2 is 1.56 bits per heavy atom. The molecule has 104 valence electrons. The Kier molecular flexibility index (Phi) is 4.28. The molecule has 0 spiro atoms. The van der Waals surface area contributed by atoms with Gasteiger partial charge in [0.05, 0.1) is 0 Å². The number of fused-ring (bicyclic) bond motifs is 2. The molecule has 4 atom stereocenters. The van der Waals surface area contributed by atoms with Crippen molar-refractivity contribution in [3.63, 3.8) is 0 Å². The molecule has 3 aliphatic rings. The van der Waals surface area contributed by atoms with Crippen molar-refractivity contribution in [2.45, 2.75) is 89.6 Å². The largest absolute Gasteiger partial charge is 0.311 e. The summed E-state index contributed by atoms with van der Waals surface area (Å²) in [6.07, 6.45) is 16.4. The van der Waals surface area contributed by atoms with Gasteiger partial charge < -0.3 is 5.32 Å². The van der Waals surface area contributed by atoms with E-state index in [1.807, 2.05) is 0 Å². The summed E-state index contributed by atoms with van der Waals surface area (Å²) in [6, 6.07) is 1.61. The molecule has 0 saturated heterocycles. The van der Waals surface area contributed by atoms with E-state index in [9.17, 15) is 0 Å². The van der Waals surface area contributed by atoms with Crippen LogP contribution in [0.15, 0.2) is 0 Å². The van der Waals surface area contributed by atoms with Gasteiger partial charge in [0, 0.05) is 12.1 Å². The number of hydrogen-bond donors (Lipinski definition) is 1. The summed E-state index contributed by atoms with van der Waals surface area (Å²) in [5.41, 5.74) is 0. The first-order valence-corrected chi connectivity index (χ1v) is 8.59. The fraction of sp³-hybridized carbons (Fsp3) is 1.00. The van der Waals surface area contributed by atoms with Crippen molar-refractivity contribution in [3.8, 4) is 0 Å². The minimum absolute atomic E-state index is 0.782. The molecule has 0 radical (unpaired) electrons. The van der Waals surface area contributed by atoms with E-state index in [4.69, 9.17) is 0 Å². The van der Waals surface area contributed by atoms with E-state index in [1.165, 1.54) is 64.2 Å². The van der Waals surface area contributed by atoms with Crippen LogP contribution in [0.3, 0.4) is 0 Å². The molecule has 1 heteroatoms. The van der Waals surface area contributed by atoms with Crippen LogP contribution in [-0.4, -0.2) is 12.1 Å². The lowest BCUT2D eigenvalue weighted by Crippen LogP contribution is -2.42. The molecule has 0 aliphatic heterocycles. The second-order valence-corrected chi connectivity index (χ2v) is 7.34. The second-order valence-electron chi connectivity index (χ2n) is 7.34. The van der Waals surface area contributed by atoms with Crippen molar-refractivity contribution in [3.05, 3.63) is 0 Å². The van der Waals surface area contributed by atoms with Gasteiger partial charge >= 0.3 is 0 Å². The van der Waals surface area contributed by atoms with Crippen LogP contribution in [0.5, 0.6) is 0 Å². The van der Waals surface area contributed by atoms with Crippen LogP contribution in [0, 0.1) is 17.8 Å². The van der Waals surface area contributed by atoms with E-state index in [-0.39, 0.29) is 0 Å². The quantitative estimate of drug-likeness (QED) is 0.776. The Morgan fingerprint density at radius 3 is 2.17 bits per heavy atom. The summed E-state index contributed by atoms with van der Waals surface area (Å²) in [5, 5.41) is 4.01. The zero-order valence-electron chi connectivity index (χ0n) is 12.2. The van der Waals surface area contributed by atoms with Crippen LogP contribution in [-0.2, 0) is 0 Å². The van der Waals surface area contributed by atoms with E-state index in [1.54, 1.807) is 6.42 Å². The van der Waals surface area contributed by atoms with E-state index < -0.39 is 0 Å². The van der Waals surface area contributed by atoms with Crippen molar-refractivity contribution >= 4 is 0 Å². The minimum Gasteiger partial charge on any atom is -0.311 e. The summed E-state index contributed by atoms with van der Waals surface area (Å²) in [7, 11) is 0. The Labute approximate surface area is 113 Å². The predicted molar refractivity (Wildman–Crippen MR) is 77.6 cm³/mol. The van der Waals surface area contributed by atoms with Gasteiger partial charge in [0.2, 0.25) is 0 Å². The molecule has 1 N–H and O–H groups in total. The lowest BCUT2D eigenvalue weighted by atomic mass is 9.83. The van der Waals surface area contributed by atoms with Gasteiger partial charge in [0.1, 0.15) is 0 Å². The van der Waals surface area contributed by atoms with Crippen molar-refractivity contribution in [2.75, 3.05) is 0 Å². The van der Waals surface area contributed by atoms with E-state index in [0.29, 0.717) is 0 Å². The second kappa shape index (κ2) is 5.94. The van der Waals surface area contributed by atoms with Crippen molar-refractivity contribution in [2.24, 2.45) is 17.8 Å². The van der Waals surface area contributed by atoms with Crippen molar-refractivity contribution < 1.29 is 0 Å². The van der Waals surface area contributed by atoms with Gasteiger partial charge in [-0.2, -0.15) is 0 Å². The van der Waals surface area contributed by atoms with Gasteiger partial charge in [-0.15, -0.1) is 0 Å². The molecule has 2 bridgehead atoms. The standard InChI is InChI=1S/C17H31N/c1-13(17-12-14-9-10-15(17)11-14)18-16-7-5-3-2-4-6-8-16/h13-18H,2-12H2,1H3. The molecule has 0 heterocycles. The first-order chi connectivity index (χ1) is 8.83. The monoisotopic (exact) mass is 249 g/mol. The van der Waals surface area contributed by atoms with Gasteiger partial charge in [0.25, 0.3) is 0 Å². The highest BCUT2D eigenvalue weighted by Gasteiger charge is 2.41. The van der Waals surface area contributed by atoms with Crippen LogP contribution in [0.2, 0.25) is 0 Å². The van der Waals surface area contributed by atoms with Gasteiger partial charge in [0.15, 0.2) is 0 Å². The highest BCUT2D eigenvalue weighted by atomic mass is 15.0. The van der Waals surface area contributed by atoms with Crippen LogP contribution in [0.1, 0.15) is 77.6 Å². The summed E-state index contributed by atoms with van der Waals surface area (Å²) in [6.45, 7) is 2.48. The maximum absolute atomic E-state index is 4.01. The Bertz CT molecular complexity index is 254. The van der Waals surface area contributed by atoms with Crippen LogP contribution >= 0.6 is 0 Å². The molecule has 3 fully saturated rings. The topological polar surface area (TPSA) is 12.0 Å². The normalized spacial score (nSPS) is 39.5. The molecular weight excluding hydrogens is 218 g/mol. The molecule has 0 aromatic rings.